The fourth-order valence-corrected chi connectivity index (χ4v) is 4.21. The molecule has 0 aliphatic carbocycles. The van der Waals surface area contributed by atoms with Crippen LogP contribution in [0, 0.1) is 24.4 Å². The minimum Gasteiger partial charge on any atom is -0.491 e. The monoisotopic (exact) mass is 532 g/mol. The van der Waals surface area contributed by atoms with Crippen LogP contribution in [0.15, 0.2) is 78.9 Å². The number of ether oxygens (including phenoxy) is 2. The highest BCUT2D eigenvalue weighted by atomic mass is 19.2. The Labute approximate surface area is 227 Å². The van der Waals surface area contributed by atoms with E-state index in [4.69, 9.17) is 9.47 Å². The van der Waals surface area contributed by atoms with E-state index in [-0.39, 0.29) is 16.9 Å². The van der Waals surface area contributed by atoms with Crippen molar-refractivity contribution in [1.82, 2.24) is 0 Å². The lowest BCUT2D eigenvalue weighted by Gasteiger charge is -2.11. The molecule has 0 N–H and O–H groups in total. The zero-order valence-electron chi connectivity index (χ0n) is 22.1. The summed E-state index contributed by atoms with van der Waals surface area (Å²) in [6.45, 7) is 4.52. The summed E-state index contributed by atoms with van der Waals surface area (Å²) in [5.74, 6) is -3.92. The maximum absolute atomic E-state index is 14.7. The highest BCUT2D eigenvalue weighted by molar-refractivity contribution is 5.91. The minimum atomic E-state index is -1.24. The van der Waals surface area contributed by atoms with Crippen molar-refractivity contribution in [2.45, 2.75) is 46.0 Å². The van der Waals surface area contributed by atoms with E-state index in [9.17, 15) is 18.0 Å². The van der Waals surface area contributed by atoms with Crippen molar-refractivity contribution < 1.29 is 27.4 Å². The number of hydrogen-bond acceptors (Lipinski definition) is 3. The molecular formula is C33H31F3O3. The van der Waals surface area contributed by atoms with Crippen LogP contribution in [-0.4, -0.2) is 12.6 Å². The molecule has 4 aromatic rings. The Balaban J connectivity index is 1.39. The molecule has 0 amide bonds. The van der Waals surface area contributed by atoms with Gasteiger partial charge in [-0.25, -0.2) is 13.6 Å². The molecule has 202 valence electrons. The van der Waals surface area contributed by atoms with Gasteiger partial charge in [-0.1, -0.05) is 80.6 Å². The van der Waals surface area contributed by atoms with Gasteiger partial charge in [-0.05, 0) is 66.4 Å². The number of aryl methyl sites for hydroxylation is 1. The van der Waals surface area contributed by atoms with Crippen LogP contribution in [-0.2, 0) is 0 Å². The maximum atomic E-state index is 14.7. The number of esters is 1. The second-order valence-corrected chi connectivity index (χ2v) is 9.48. The zero-order chi connectivity index (χ0) is 27.8. The molecule has 4 rings (SSSR count). The summed E-state index contributed by atoms with van der Waals surface area (Å²) in [5.41, 5.74) is 3.02. The van der Waals surface area contributed by atoms with Crippen LogP contribution in [0.3, 0.4) is 0 Å². The van der Waals surface area contributed by atoms with Gasteiger partial charge in [0.05, 0.1) is 12.2 Å². The van der Waals surface area contributed by atoms with Gasteiger partial charge in [0.1, 0.15) is 0 Å². The van der Waals surface area contributed by atoms with Gasteiger partial charge in [0, 0.05) is 5.56 Å². The van der Waals surface area contributed by atoms with Crippen LogP contribution in [0.25, 0.3) is 22.3 Å². The zero-order valence-corrected chi connectivity index (χ0v) is 22.1. The SMILES string of the molecule is CCCCCCCOc1ccc(-c2ccc(C(=O)Oc3ccc(-c4ccc(C)cc4)c(F)c3F)cc2)cc1F. The van der Waals surface area contributed by atoms with E-state index in [0.717, 1.165) is 24.8 Å². The van der Waals surface area contributed by atoms with Gasteiger partial charge in [0.25, 0.3) is 0 Å². The van der Waals surface area contributed by atoms with E-state index < -0.39 is 29.2 Å². The van der Waals surface area contributed by atoms with Gasteiger partial charge >= 0.3 is 5.97 Å². The topological polar surface area (TPSA) is 35.5 Å². The van der Waals surface area contributed by atoms with Crippen LogP contribution in [0.1, 0.15) is 54.9 Å². The van der Waals surface area contributed by atoms with Crippen LogP contribution in [0.2, 0.25) is 0 Å². The summed E-state index contributed by atoms with van der Waals surface area (Å²) < 4.78 is 54.7. The van der Waals surface area contributed by atoms with Crippen LogP contribution in [0.4, 0.5) is 13.2 Å². The third kappa shape index (κ3) is 7.08. The summed E-state index contributed by atoms with van der Waals surface area (Å²) in [6, 6.07) is 20.6. The molecule has 6 heteroatoms. The summed E-state index contributed by atoms with van der Waals surface area (Å²) in [4.78, 5) is 12.6. The predicted octanol–water partition coefficient (Wildman–Crippen LogP) is 9.31. The lowest BCUT2D eigenvalue weighted by Crippen LogP contribution is -2.10. The summed E-state index contributed by atoms with van der Waals surface area (Å²) in [6.07, 6.45) is 5.45. The lowest BCUT2D eigenvalue weighted by atomic mass is 10.0. The lowest BCUT2D eigenvalue weighted by molar-refractivity contribution is 0.0726. The van der Waals surface area contributed by atoms with Crippen molar-refractivity contribution in [3.05, 3.63) is 107 Å². The fourth-order valence-electron chi connectivity index (χ4n) is 4.21. The molecule has 0 atom stereocenters. The first-order valence-corrected chi connectivity index (χ1v) is 13.2. The van der Waals surface area contributed by atoms with Crippen molar-refractivity contribution in [2.24, 2.45) is 0 Å². The molecule has 0 heterocycles. The van der Waals surface area contributed by atoms with Crippen molar-refractivity contribution in [3.63, 3.8) is 0 Å². The van der Waals surface area contributed by atoms with E-state index in [0.29, 0.717) is 23.3 Å². The first-order valence-electron chi connectivity index (χ1n) is 13.2. The minimum absolute atomic E-state index is 0.0762. The van der Waals surface area contributed by atoms with E-state index >= 15 is 0 Å². The molecule has 0 fully saturated rings. The third-order valence-corrected chi connectivity index (χ3v) is 6.50. The maximum Gasteiger partial charge on any atom is 0.343 e. The molecule has 0 saturated carbocycles. The second-order valence-electron chi connectivity index (χ2n) is 9.48. The number of halogens is 3. The first kappa shape index (κ1) is 28.0. The molecule has 0 bridgehead atoms. The number of unbranched alkanes of at least 4 members (excludes halogenated alkanes) is 4. The third-order valence-electron chi connectivity index (χ3n) is 6.50. The van der Waals surface area contributed by atoms with Gasteiger partial charge < -0.3 is 9.47 Å². The van der Waals surface area contributed by atoms with Gasteiger partial charge in [-0.2, -0.15) is 4.39 Å². The molecule has 39 heavy (non-hydrogen) atoms. The molecule has 0 saturated heterocycles. The molecule has 0 radical (unpaired) electrons. The Morgan fingerprint density at radius 2 is 1.33 bits per heavy atom. The molecule has 0 aliphatic rings. The quantitative estimate of drug-likeness (QED) is 0.110. The molecule has 3 nitrogen and oxygen atoms in total. The van der Waals surface area contributed by atoms with Crippen LogP contribution >= 0.6 is 0 Å². The van der Waals surface area contributed by atoms with E-state index in [1.807, 2.05) is 6.92 Å². The second kappa shape index (κ2) is 13.1. The van der Waals surface area contributed by atoms with Crippen molar-refractivity contribution in [1.29, 1.82) is 0 Å². The van der Waals surface area contributed by atoms with Gasteiger partial charge in [0.15, 0.2) is 23.1 Å². The van der Waals surface area contributed by atoms with Gasteiger partial charge in [-0.3, -0.25) is 0 Å². The van der Waals surface area contributed by atoms with Gasteiger partial charge in [0.2, 0.25) is 5.82 Å². The summed E-state index contributed by atoms with van der Waals surface area (Å²) >= 11 is 0. The summed E-state index contributed by atoms with van der Waals surface area (Å²) in [5, 5.41) is 0. The Morgan fingerprint density at radius 1 is 0.692 bits per heavy atom. The van der Waals surface area contributed by atoms with E-state index in [2.05, 4.69) is 6.92 Å². The Bertz CT molecular complexity index is 1410. The van der Waals surface area contributed by atoms with E-state index in [1.165, 1.54) is 43.2 Å². The highest BCUT2D eigenvalue weighted by Crippen LogP contribution is 2.31. The van der Waals surface area contributed by atoms with Crippen molar-refractivity contribution in [2.75, 3.05) is 6.61 Å². The molecule has 0 aliphatic heterocycles. The highest BCUT2D eigenvalue weighted by Gasteiger charge is 2.19. The van der Waals surface area contributed by atoms with Crippen molar-refractivity contribution >= 4 is 5.97 Å². The molecular weight excluding hydrogens is 501 g/mol. The standard InChI is InChI=1S/C33H31F3O3/c1-3-4-5-6-7-20-38-29-18-16-26(21-28(29)34)23-12-14-25(15-13-23)33(37)39-30-19-17-27(31(35)32(30)36)24-10-8-22(2)9-11-24/h8-19,21H,3-7,20H2,1-2H3. The average Bonchev–Trinajstić information content (AvgIpc) is 2.94. The number of hydrogen-bond donors (Lipinski definition) is 0. The van der Waals surface area contributed by atoms with Crippen LogP contribution < -0.4 is 9.47 Å². The van der Waals surface area contributed by atoms with Crippen molar-refractivity contribution in [3.8, 4) is 33.8 Å². The largest absolute Gasteiger partial charge is 0.491 e. The number of benzene rings is 4. The van der Waals surface area contributed by atoms with Gasteiger partial charge in [-0.15, -0.1) is 0 Å². The number of carbonyl (C=O) groups is 1. The average molecular weight is 533 g/mol. The normalized spacial score (nSPS) is 10.9. The Kier molecular flexibility index (Phi) is 9.42. The summed E-state index contributed by atoms with van der Waals surface area (Å²) in [7, 11) is 0. The molecule has 0 aromatic heterocycles. The number of rotatable bonds is 11. The van der Waals surface area contributed by atoms with Crippen LogP contribution in [0.5, 0.6) is 11.5 Å². The fraction of sp³-hybridized carbons (Fsp3) is 0.242. The van der Waals surface area contributed by atoms with E-state index in [1.54, 1.807) is 48.5 Å². The molecule has 0 unspecified atom stereocenters. The first-order chi connectivity index (χ1) is 18.9. The molecule has 0 spiro atoms. The Morgan fingerprint density at radius 3 is 2.03 bits per heavy atom. The Hall–Kier alpha value is -4.06. The predicted molar refractivity (Wildman–Crippen MR) is 148 cm³/mol. The number of carbonyl (C=O) groups excluding carboxylic acids is 1. The smallest absolute Gasteiger partial charge is 0.343 e. The molecule has 4 aromatic carbocycles.